The molecule has 134 valence electrons. The minimum absolute atomic E-state index is 0.0478. The fourth-order valence-electron chi connectivity index (χ4n) is 2.56. The second-order valence-electron chi connectivity index (χ2n) is 5.49. The lowest BCUT2D eigenvalue weighted by Gasteiger charge is -2.18. The van der Waals surface area contributed by atoms with E-state index < -0.39 is 58.4 Å². The zero-order valence-corrected chi connectivity index (χ0v) is 13.7. The lowest BCUT2D eigenvalue weighted by molar-refractivity contribution is -0.143. The van der Waals surface area contributed by atoms with Crippen LogP contribution in [-0.4, -0.2) is 12.6 Å². The van der Waals surface area contributed by atoms with Crippen LogP contribution in [0.2, 0.25) is 0 Å². The first-order valence-electron chi connectivity index (χ1n) is 7.62. The molecule has 0 bridgehead atoms. The molecule has 2 N–H and O–H groups in total. The monoisotopic (exact) mass is 355 g/mol. The van der Waals surface area contributed by atoms with Crippen LogP contribution in [0, 0.1) is 30.2 Å². The number of aryl methyl sites for hydroxylation is 1. The molecule has 2 aromatic rings. The van der Waals surface area contributed by atoms with Crippen molar-refractivity contribution >= 4 is 5.97 Å². The van der Waals surface area contributed by atoms with Gasteiger partial charge in [-0.25, -0.2) is 17.6 Å². The Morgan fingerprint density at radius 3 is 2.32 bits per heavy atom. The number of benzene rings is 2. The van der Waals surface area contributed by atoms with Crippen LogP contribution in [0.3, 0.4) is 0 Å². The molecule has 0 saturated carbocycles. The molecule has 0 radical (unpaired) electrons. The van der Waals surface area contributed by atoms with Gasteiger partial charge in [-0.2, -0.15) is 0 Å². The Hall–Kier alpha value is -2.41. The predicted molar refractivity (Wildman–Crippen MR) is 84.6 cm³/mol. The van der Waals surface area contributed by atoms with E-state index in [4.69, 9.17) is 10.5 Å². The Labute approximate surface area is 142 Å². The molecule has 0 saturated heterocycles. The first kappa shape index (κ1) is 18.9. The minimum Gasteiger partial charge on any atom is -0.466 e. The number of hydrogen-bond donors (Lipinski definition) is 1. The van der Waals surface area contributed by atoms with Crippen LogP contribution in [0.5, 0.6) is 0 Å². The number of carbonyl (C=O) groups is 1. The van der Waals surface area contributed by atoms with E-state index in [1.165, 1.54) is 6.92 Å². The maximum atomic E-state index is 14.8. The molecule has 0 heterocycles. The summed E-state index contributed by atoms with van der Waals surface area (Å²) in [6.07, 6.45) is -0.468. The maximum Gasteiger partial charge on any atom is 0.307 e. The van der Waals surface area contributed by atoms with Gasteiger partial charge in [0.1, 0.15) is 23.3 Å². The van der Waals surface area contributed by atoms with E-state index in [-0.39, 0.29) is 12.2 Å². The van der Waals surface area contributed by atoms with Gasteiger partial charge in [0.05, 0.1) is 18.6 Å². The standard InChI is InChI=1S/C18H17F4NO2/c1-3-25-14(24)8-13(23)16-17(21)9(2)7-10(18(16)22)15-11(19)5-4-6-12(15)20/h4-7,13H,3,8,23H2,1-2H3. The van der Waals surface area contributed by atoms with Crippen molar-refractivity contribution in [3.8, 4) is 11.1 Å². The number of carbonyl (C=O) groups excluding carboxylic acids is 1. The zero-order valence-electron chi connectivity index (χ0n) is 13.7. The van der Waals surface area contributed by atoms with Gasteiger partial charge >= 0.3 is 5.97 Å². The second kappa shape index (κ2) is 7.65. The van der Waals surface area contributed by atoms with Crippen LogP contribution in [0.25, 0.3) is 11.1 Å². The molecule has 3 nitrogen and oxygen atoms in total. The largest absolute Gasteiger partial charge is 0.466 e. The van der Waals surface area contributed by atoms with E-state index in [2.05, 4.69) is 0 Å². The highest BCUT2D eigenvalue weighted by Crippen LogP contribution is 2.35. The van der Waals surface area contributed by atoms with E-state index in [1.54, 1.807) is 6.92 Å². The van der Waals surface area contributed by atoms with Gasteiger partial charge in [0.2, 0.25) is 0 Å². The van der Waals surface area contributed by atoms with Crippen molar-refractivity contribution in [3.05, 3.63) is 58.7 Å². The Kier molecular flexibility index (Phi) is 5.79. The van der Waals surface area contributed by atoms with Crippen molar-refractivity contribution in [1.29, 1.82) is 0 Å². The number of rotatable bonds is 5. The number of nitrogens with two attached hydrogens (primary N) is 1. The van der Waals surface area contributed by atoms with Crippen molar-refractivity contribution < 1.29 is 27.1 Å². The van der Waals surface area contributed by atoms with Crippen molar-refractivity contribution in [2.24, 2.45) is 5.73 Å². The van der Waals surface area contributed by atoms with E-state index in [0.717, 1.165) is 24.3 Å². The molecule has 0 fully saturated rings. The first-order valence-corrected chi connectivity index (χ1v) is 7.62. The SMILES string of the molecule is CCOC(=O)CC(N)c1c(F)c(C)cc(-c2c(F)cccc2F)c1F. The molecule has 2 aromatic carbocycles. The van der Waals surface area contributed by atoms with Crippen LogP contribution in [-0.2, 0) is 9.53 Å². The van der Waals surface area contributed by atoms with Crippen molar-refractivity contribution in [2.75, 3.05) is 6.61 Å². The smallest absolute Gasteiger partial charge is 0.307 e. The van der Waals surface area contributed by atoms with E-state index in [1.807, 2.05) is 0 Å². The summed E-state index contributed by atoms with van der Waals surface area (Å²) in [6, 6.07) is 2.72. The summed E-state index contributed by atoms with van der Waals surface area (Å²) >= 11 is 0. The van der Waals surface area contributed by atoms with Gasteiger partial charge in [0, 0.05) is 17.2 Å². The van der Waals surface area contributed by atoms with Crippen molar-refractivity contribution in [3.63, 3.8) is 0 Å². The molecule has 0 spiro atoms. The highest BCUT2D eigenvalue weighted by atomic mass is 19.1. The van der Waals surface area contributed by atoms with Crippen LogP contribution in [0.4, 0.5) is 17.6 Å². The van der Waals surface area contributed by atoms with Crippen LogP contribution in [0.1, 0.15) is 30.5 Å². The lowest BCUT2D eigenvalue weighted by atomic mass is 9.93. The molecule has 0 aliphatic heterocycles. The number of ether oxygens (including phenoxy) is 1. The van der Waals surface area contributed by atoms with E-state index in [9.17, 15) is 22.4 Å². The summed E-state index contributed by atoms with van der Waals surface area (Å²) in [5.41, 5.74) is 4.03. The van der Waals surface area contributed by atoms with Gasteiger partial charge < -0.3 is 10.5 Å². The first-order chi connectivity index (χ1) is 11.8. The summed E-state index contributed by atoms with van der Waals surface area (Å²) < 4.78 is 61.9. The molecule has 7 heteroatoms. The fourth-order valence-corrected chi connectivity index (χ4v) is 2.56. The van der Waals surface area contributed by atoms with Gasteiger partial charge in [-0.1, -0.05) is 6.07 Å². The lowest BCUT2D eigenvalue weighted by Crippen LogP contribution is -2.20. The van der Waals surface area contributed by atoms with Gasteiger partial charge in [0.25, 0.3) is 0 Å². The third-order valence-corrected chi connectivity index (χ3v) is 3.71. The van der Waals surface area contributed by atoms with Crippen LogP contribution >= 0.6 is 0 Å². The van der Waals surface area contributed by atoms with Crippen LogP contribution < -0.4 is 5.73 Å². The normalized spacial score (nSPS) is 12.1. The van der Waals surface area contributed by atoms with Gasteiger partial charge in [0.15, 0.2) is 0 Å². The topological polar surface area (TPSA) is 52.3 Å². The highest BCUT2D eigenvalue weighted by molar-refractivity contribution is 5.72. The predicted octanol–water partition coefficient (Wildman–Crippen LogP) is 4.17. The average Bonchev–Trinajstić information content (AvgIpc) is 2.52. The number of halogens is 4. The molecule has 1 unspecified atom stereocenters. The van der Waals surface area contributed by atoms with E-state index >= 15 is 0 Å². The molecule has 25 heavy (non-hydrogen) atoms. The summed E-state index contributed by atoms with van der Waals surface area (Å²) in [5.74, 6) is -4.88. The summed E-state index contributed by atoms with van der Waals surface area (Å²) in [6.45, 7) is 2.99. The molecular weight excluding hydrogens is 338 g/mol. The molecular formula is C18H17F4NO2. The van der Waals surface area contributed by atoms with Gasteiger partial charge in [-0.05, 0) is 37.6 Å². The third-order valence-electron chi connectivity index (χ3n) is 3.71. The van der Waals surface area contributed by atoms with E-state index in [0.29, 0.717) is 0 Å². The third kappa shape index (κ3) is 3.82. The van der Waals surface area contributed by atoms with Gasteiger partial charge in [-0.15, -0.1) is 0 Å². The number of esters is 1. The Morgan fingerprint density at radius 2 is 1.76 bits per heavy atom. The Bertz CT molecular complexity index is 788. The molecule has 2 rings (SSSR count). The fraction of sp³-hybridized carbons (Fsp3) is 0.278. The molecule has 0 aromatic heterocycles. The molecule has 0 amide bonds. The molecule has 0 aliphatic carbocycles. The Balaban J connectivity index is 2.59. The summed E-state index contributed by atoms with van der Waals surface area (Å²) in [5, 5.41) is 0. The number of hydrogen-bond acceptors (Lipinski definition) is 3. The highest BCUT2D eigenvalue weighted by Gasteiger charge is 2.26. The maximum absolute atomic E-state index is 14.8. The quantitative estimate of drug-likeness (QED) is 0.647. The zero-order chi connectivity index (χ0) is 18.7. The summed E-state index contributed by atoms with van der Waals surface area (Å²) in [7, 11) is 0. The molecule has 1 atom stereocenters. The summed E-state index contributed by atoms with van der Waals surface area (Å²) in [4.78, 5) is 11.5. The van der Waals surface area contributed by atoms with Gasteiger partial charge in [-0.3, -0.25) is 4.79 Å². The minimum atomic E-state index is -1.35. The van der Waals surface area contributed by atoms with Crippen LogP contribution in [0.15, 0.2) is 24.3 Å². The average molecular weight is 355 g/mol. The van der Waals surface area contributed by atoms with Crippen molar-refractivity contribution in [2.45, 2.75) is 26.3 Å². The second-order valence-corrected chi connectivity index (χ2v) is 5.49. The Morgan fingerprint density at radius 1 is 1.16 bits per heavy atom. The van der Waals surface area contributed by atoms with Crippen molar-refractivity contribution in [1.82, 2.24) is 0 Å². The molecule has 0 aliphatic rings.